The van der Waals surface area contributed by atoms with Crippen LogP contribution in [-0.2, 0) is 14.5 Å². The van der Waals surface area contributed by atoms with Crippen LogP contribution in [-0.4, -0.2) is 21.6 Å². The summed E-state index contributed by atoms with van der Waals surface area (Å²) < 4.78 is 28.5. The van der Waals surface area contributed by atoms with E-state index in [1.54, 1.807) is 0 Å². The van der Waals surface area contributed by atoms with Gasteiger partial charge in [-0.1, -0.05) is 13.8 Å². The number of hydrogen-bond acceptors (Lipinski definition) is 3. The van der Waals surface area contributed by atoms with Crippen LogP contribution in [0.5, 0.6) is 0 Å². The minimum atomic E-state index is -3.46. The first-order chi connectivity index (χ1) is 5.12. The number of nitrogens with one attached hydrogen (secondary N) is 1. The van der Waals surface area contributed by atoms with E-state index in [1.807, 2.05) is 13.8 Å². The lowest BCUT2D eigenvalue weighted by molar-refractivity contribution is 0.311. The number of hydrogen-bond donors (Lipinski definition) is 1. The summed E-state index contributed by atoms with van der Waals surface area (Å²) >= 11 is 0. The van der Waals surface area contributed by atoms with Crippen molar-refractivity contribution in [3.05, 3.63) is 0 Å². The van der Waals surface area contributed by atoms with Crippen LogP contribution in [0, 0.1) is 0 Å². The zero-order chi connectivity index (χ0) is 8.74. The molecule has 0 aromatic carbocycles. The van der Waals surface area contributed by atoms with Crippen LogP contribution in [0.2, 0.25) is 0 Å². The first-order valence-electron chi connectivity index (χ1n) is 3.76. The molecule has 1 N–H and O–H groups in total. The highest BCUT2D eigenvalue weighted by atomic mass is 32.2. The molecule has 0 aliphatic rings. The summed E-state index contributed by atoms with van der Waals surface area (Å²) in [6.45, 7) is 4.43. The molecule has 68 valence electrons. The molecule has 0 rings (SSSR count). The van der Waals surface area contributed by atoms with Crippen LogP contribution in [0.1, 0.15) is 26.7 Å². The van der Waals surface area contributed by atoms with Gasteiger partial charge < -0.3 is 0 Å². The second-order valence-corrected chi connectivity index (χ2v) is 3.60. The van der Waals surface area contributed by atoms with Crippen LogP contribution in [0.4, 0.5) is 0 Å². The lowest BCUT2D eigenvalue weighted by Gasteiger charge is -2.03. The molecule has 0 saturated heterocycles. The average Bonchev–Trinajstić information content (AvgIpc) is 1.97. The van der Waals surface area contributed by atoms with Gasteiger partial charge in [0.05, 0.1) is 6.61 Å². The van der Waals surface area contributed by atoms with Crippen LogP contribution < -0.4 is 4.72 Å². The molecule has 0 heterocycles. The minimum Gasteiger partial charge on any atom is -0.258 e. The van der Waals surface area contributed by atoms with Crippen molar-refractivity contribution < 1.29 is 12.6 Å². The van der Waals surface area contributed by atoms with Crippen LogP contribution in [0.3, 0.4) is 0 Å². The Morgan fingerprint density at radius 2 is 1.91 bits per heavy atom. The molecule has 0 atom stereocenters. The van der Waals surface area contributed by atoms with E-state index in [2.05, 4.69) is 8.91 Å². The van der Waals surface area contributed by atoms with Crippen molar-refractivity contribution in [1.29, 1.82) is 0 Å². The molecule has 5 heteroatoms. The zero-order valence-corrected chi connectivity index (χ0v) is 7.78. The van der Waals surface area contributed by atoms with Gasteiger partial charge in [-0.05, 0) is 12.8 Å². The molecule has 0 aromatic heterocycles. The Hall–Kier alpha value is -0.130. The van der Waals surface area contributed by atoms with Crippen molar-refractivity contribution in [3.8, 4) is 0 Å². The Morgan fingerprint density at radius 1 is 1.27 bits per heavy atom. The molecule has 0 spiro atoms. The van der Waals surface area contributed by atoms with E-state index in [-0.39, 0.29) is 6.61 Å². The molecule has 0 bridgehead atoms. The van der Waals surface area contributed by atoms with Gasteiger partial charge in [0, 0.05) is 6.54 Å². The highest BCUT2D eigenvalue weighted by Gasteiger charge is 2.06. The van der Waals surface area contributed by atoms with Gasteiger partial charge in [-0.25, -0.2) is 0 Å². The summed E-state index contributed by atoms with van der Waals surface area (Å²) in [6, 6.07) is 0. The minimum absolute atomic E-state index is 0.249. The van der Waals surface area contributed by atoms with Gasteiger partial charge in [-0.2, -0.15) is 13.1 Å². The van der Waals surface area contributed by atoms with Crippen molar-refractivity contribution in [2.24, 2.45) is 0 Å². The number of rotatable bonds is 6. The SMILES string of the molecule is CCCNS(=O)(=O)OCCC. The van der Waals surface area contributed by atoms with E-state index in [1.165, 1.54) is 0 Å². The lowest BCUT2D eigenvalue weighted by atomic mass is 10.5. The normalized spacial score (nSPS) is 11.8. The van der Waals surface area contributed by atoms with Gasteiger partial charge in [-0.15, -0.1) is 0 Å². The molecular formula is C6H15NO3S. The van der Waals surface area contributed by atoms with Gasteiger partial charge in [0.1, 0.15) is 0 Å². The second kappa shape index (κ2) is 5.51. The molecule has 0 aromatic rings. The highest BCUT2D eigenvalue weighted by molar-refractivity contribution is 7.84. The second-order valence-electron chi connectivity index (χ2n) is 2.17. The summed E-state index contributed by atoms with van der Waals surface area (Å²) in [5.74, 6) is 0. The summed E-state index contributed by atoms with van der Waals surface area (Å²) in [5, 5.41) is 0. The van der Waals surface area contributed by atoms with Gasteiger partial charge in [0.15, 0.2) is 0 Å². The van der Waals surface area contributed by atoms with Gasteiger partial charge in [0.25, 0.3) is 0 Å². The Kier molecular flexibility index (Phi) is 5.45. The smallest absolute Gasteiger partial charge is 0.258 e. The zero-order valence-electron chi connectivity index (χ0n) is 6.96. The summed E-state index contributed by atoms with van der Waals surface area (Å²) in [7, 11) is -3.46. The Bertz CT molecular complexity index is 162. The fourth-order valence-electron chi connectivity index (χ4n) is 0.462. The molecule has 0 radical (unpaired) electrons. The Labute approximate surface area is 68.2 Å². The Balaban J connectivity index is 3.63. The van der Waals surface area contributed by atoms with Gasteiger partial charge in [-0.3, -0.25) is 4.18 Å². The molecule has 0 aliphatic heterocycles. The molecule has 4 nitrogen and oxygen atoms in total. The summed E-state index contributed by atoms with van der Waals surface area (Å²) in [5.41, 5.74) is 0. The molecule has 0 amide bonds. The van der Waals surface area contributed by atoms with Crippen molar-refractivity contribution in [2.75, 3.05) is 13.2 Å². The lowest BCUT2D eigenvalue weighted by Crippen LogP contribution is -2.26. The van der Waals surface area contributed by atoms with Crippen LogP contribution >= 0.6 is 0 Å². The summed E-state index contributed by atoms with van der Waals surface area (Å²) in [6.07, 6.45) is 1.47. The fraction of sp³-hybridized carbons (Fsp3) is 1.00. The Morgan fingerprint density at radius 3 is 2.36 bits per heavy atom. The summed E-state index contributed by atoms with van der Waals surface area (Å²) in [4.78, 5) is 0. The van der Waals surface area contributed by atoms with Crippen LogP contribution in [0.15, 0.2) is 0 Å². The molecule has 0 fully saturated rings. The van der Waals surface area contributed by atoms with Crippen molar-refractivity contribution in [1.82, 2.24) is 4.72 Å². The first-order valence-corrected chi connectivity index (χ1v) is 5.17. The predicted molar refractivity (Wildman–Crippen MR) is 43.5 cm³/mol. The van der Waals surface area contributed by atoms with Gasteiger partial charge in [0.2, 0.25) is 0 Å². The third-order valence-corrected chi connectivity index (χ3v) is 2.01. The molecule has 0 saturated carbocycles. The average molecular weight is 181 g/mol. The van der Waals surface area contributed by atoms with E-state index in [0.717, 1.165) is 6.42 Å². The van der Waals surface area contributed by atoms with Crippen molar-refractivity contribution in [2.45, 2.75) is 26.7 Å². The van der Waals surface area contributed by atoms with E-state index >= 15 is 0 Å². The maximum Gasteiger partial charge on any atom is 0.335 e. The molecular weight excluding hydrogens is 166 g/mol. The fourth-order valence-corrected chi connectivity index (χ4v) is 1.39. The quantitative estimate of drug-likeness (QED) is 0.655. The molecule has 0 aliphatic carbocycles. The monoisotopic (exact) mass is 181 g/mol. The van der Waals surface area contributed by atoms with Gasteiger partial charge >= 0.3 is 10.3 Å². The van der Waals surface area contributed by atoms with E-state index in [4.69, 9.17) is 0 Å². The van der Waals surface area contributed by atoms with Crippen LogP contribution in [0.25, 0.3) is 0 Å². The third kappa shape index (κ3) is 6.28. The topological polar surface area (TPSA) is 55.4 Å². The standard InChI is InChI=1S/C6H15NO3S/c1-3-5-7-11(8,9)10-6-4-2/h7H,3-6H2,1-2H3. The molecule has 0 unspecified atom stereocenters. The van der Waals surface area contributed by atoms with Crippen molar-refractivity contribution in [3.63, 3.8) is 0 Å². The molecule has 11 heavy (non-hydrogen) atoms. The van der Waals surface area contributed by atoms with E-state index in [9.17, 15) is 8.42 Å². The highest BCUT2D eigenvalue weighted by Crippen LogP contribution is 1.89. The van der Waals surface area contributed by atoms with Crippen molar-refractivity contribution >= 4 is 10.3 Å². The first kappa shape index (κ1) is 10.9. The van der Waals surface area contributed by atoms with E-state index in [0.29, 0.717) is 13.0 Å². The predicted octanol–water partition coefficient (Wildman–Crippen LogP) is 0.657. The third-order valence-electron chi connectivity index (χ3n) is 0.971. The maximum absolute atomic E-state index is 10.8. The maximum atomic E-state index is 10.8. The largest absolute Gasteiger partial charge is 0.335 e. The van der Waals surface area contributed by atoms with E-state index < -0.39 is 10.3 Å².